The number of hydrogen-bond acceptors (Lipinski definition) is 7. The van der Waals surface area contributed by atoms with Gasteiger partial charge in [0.25, 0.3) is 0 Å². The normalized spacial score (nSPS) is 14.6. The first-order chi connectivity index (χ1) is 16.2. The maximum atomic E-state index is 14.2. The first-order valence-electron chi connectivity index (χ1n) is 11.2. The van der Waals surface area contributed by atoms with Crippen LogP contribution in [0.1, 0.15) is 20.8 Å². The number of nitrogens with zero attached hydrogens (tertiary/aromatic N) is 3. The van der Waals surface area contributed by atoms with Gasteiger partial charge in [0, 0.05) is 48.5 Å². The molecule has 0 saturated carbocycles. The van der Waals surface area contributed by atoms with Gasteiger partial charge in [-0.25, -0.2) is 9.18 Å². The molecule has 1 aliphatic rings. The summed E-state index contributed by atoms with van der Waals surface area (Å²) < 4.78 is 20.1. The van der Waals surface area contributed by atoms with Crippen LogP contribution in [-0.4, -0.2) is 42.2 Å². The number of aromatic nitrogens is 1. The molecule has 1 aliphatic heterocycles. The van der Waals surface area contributed by atoms with Crippen LogP contribution in [0.15, 0.2) is 60.9 Å². The van der Waals surface area contributed by atoms with Gasteiger partial charge >= 0.3 is 5.97 Å². The van der Waals surface area contributed by atoms with E-state index < -0.39 is 11.2 Å². The number of hydrogen-bond donors (Lipinski definition) is 1. The van der Waals surface area contributed by atoms with Crippen molar-refractivity contribution < 1.29 is 18.8 Å². The van der Waals surface area contributed by atoms with Crippen molar-refractivity contribution in [1.82, 2.24) is 10.0 Å². The summed E-state index contributed by atoms with van der Waals surface area (Å²) in [4.78, 5) is 24.1. The van der Waals surface area contributed by atoms with Gasteiger partial charge in [0.1, 0.15) is 5.75 Å². The Morgan fingerprint density at radius 1 is 1.00 bits per heavy atom. The fourth-order valence-corrected chi connectivity index (χ4v) is 3.55. The Bertz CT molecular complexity index is 1150. The second kappa shape index (κ2) is 9.69. The molecule has 4 rings (SSSR count). The van der Waals surface area contributed by atoms with E-state index in [1.807, 2.05) is 45.0 Å². The monoisotopic (exact) mass is 464 g/mol. The molecule has 0 radical (unpaired) electrons. The van der Waals surface area contributed by atoms with Crippen molar-refractivity contribution >= 4 is 17.3 Å². The Hall–Kier alpha value is -3.65. The maximum Gasteiger partial charge on any atom is 0.330 e. The second-order valence-electron chi connectivity index (χ2n) is 9.26. The molecular weight excluding hydrogens is 435 g/mol. The molecule has 8 heteroatoms. The Kier molecular flexibility index (Phi) is 6.70. The Labute approximate surface area is 198 Å². The summed E-state index contributed by atoms with van der Waals surface area (Å²) in [5, 5.41) is 1.73. The molecule has 0 spiro atoms. The zero-order chi connectivity index (χ0) is 24.3. The number of nitrogen functional groups attached to an aromatic ring is 1. The Morgan fingerprint density at radius 3 is 2.35 bits per heavy atom. The molecule has 3 aromatic rings. The third-order valence-corrected chi connectivity index (χ3v) is 5.56. The fraction of sp³-hybridized carbons (Fsp3) is 0.308. The first kappa shape index (κ1) is 23.5. The highest BCUT2D eigenvalue weighted by Gasteiger charge is 2.28. The lowest BCUT2D eigenvalue weighted by Gasteiger charge is -2.35. The molecule has 1 fully saturated rings. The summed E-state index contributed by atoms with van der Waals surface area (Å²) in [5.74, 6) is -0.145. The van der Waals surface area contributed by atoms with Gasteiger partial charge < -0.3 is 20.2 Å². The van der Waals surface area contributed by atoms with Gasteiger partial charge in [-0.2, -0.15) is 0 Å². The molecule has 2 heterocycles. The van der Waals surface area contributed by atoms with Crippen LogP contribution in [0.2, 0.25) is 0 Å². The lowest BCUT2D eigenvalue weighted by atomic mass is 9.98. The number of hydroxylamine groups is 2. The summed E-state index contributed by atoms with van der Waals surface area (Å²) in [6.07, 6.45) is 3.30. The average molecular weight is 465 g/mol. The lowest BCUT2D eigenvalue weighted by Crippen LogP contribution is -2.48. The SMILES string of the molecule is CC(C)(C)C(=O)ON1CCN(c2ccc(-c3cnccc3Oc3ccc(N)cc3F)cc2)CC1. The van der Waals surface area contributed by atoms with Crippen molar-refractivity contribution in [1.29, 1.82) is 0 Å². The Morgan fingerprint density at radius 2 is 1.71 bits per heavy atom. The third-order valence-electron chi connectivity index (χ3n) is 5.56. The molecule has 2 N–H and O–H groups in total. The second-order valence-corrected chi connectivity index (χ2v) is 9.26. The summed E-state index contributed by atoms with van der Waals surface area (Å²) in [5.41, 5.74) is 8.17. The van der Waals surface area contributed by atoms with E-state index in [1.54, 1.807) is 29.6 Å². The van der Waals surface area contributed by atoms with Crippen molar-refractivity contribution in [3.05, 3.63) is 66.7 Å². The fourth-order valence-electron chi connectivity index (χ4n) is 3.55. The van der Waals surface area contributed by atoms with Crippen LogP contribution < -0.4 is 15.4 Å². The lowest BCUT2D eigenvalue weighted by molar-refractivity contribution is -0.201. The van der Waals surface area contributed by atoms with Crippen LogP contribution in [0.4, 0.5) is 15.8 Å². The van der Waals surface area contributed by atoms with Gasteiger partial charge in [-0.05, 0) is 56.7 Å². The smallest absolute Gasteiger partial charge is 0.330 e. The van der Waals surface area contributed by atoms with E-state index in [4.69, 9.17) is 15.3 Å². The van der Waals surface area contributed by atoms with Crippen LogP contribution >= 0.6 is 0 Å². The number of anilines is 2. The van der Waals surface area contributed by atoms with Gasteiger partial charge in [0.05, 0.1) is 18.5 Å². The maximum absolute atomic E-state index is 14.2. The molecular formula is C26H29FN4O3. The number of piperazine rings is 1. The molecule has 178 valence electrons. The van der Waals surface area contributed by atoms with E-state index in [0.717, 1.165) is 29.9 Å². The minimum absolute atomic E-state index is 0.100. The number of halogens is 1. The van der Waals surface area contributed by atoms with Crippen LogP contribution in [0.25, 0.3) is 11.1 Å². The third kappa shape index (κ3) is 5.46. The largest absolute Gasteiger partial charge is 0.454 e. The number of rotatable bonds is 5. The van der Waals surface area contributed by atoms with Crippen molar-refractivity contribution in [3.8, 4) is 22.6 Å². The number of carbonyl (C=O) groups excluding carboxylic acids is 1. The molecule has 1 saturated heterocycles. The zero-order valence-electron chi connectivity index (χ0n) is 19.6. The van der Waals surface area contributed by atoms with E-state index in [9.17, 15) is 9.18 Å². The van der Waals surface area contributed by atoms with Crippen LogP contribution in [0, 0.1) is 11.2 Å². The van der Waals surface area contributed by atoms with Gasteiger partial charge in [0.2, 0.25) is 0 Å². The molecule has 7 nitrogen and oxygen atoms in total. The van der Waals surface area contributed by atoms with E-state index in [0.29, 0.717) is 24.5 Å². The van der Waals surface area contributed by atoms with Gasteiger partial charge in [-0.15, -0.1) is 5.06 Å². The summed E-state index contributed by atoms with van der Waals surface area (Å²) in [6.45, 7) is 8.30. The molecule has 0 atom stereocenters. The Balaban J connectivity index is 1.43. The quantitative estimate of drug-likeness (QED) is 0.539. The minimum atomic E-state index is -0.526. The topological polar surface area (TPSA) is 80.9 Å². The van der Waals surface area contributed by atoms with Crippen molar-refractivity contribution in [2.75, 3.05) is 36.8 Å². The summed E-state index contributed by atoms with van der Waals surface area (Å²) in [6, 6.07) is 14.1. The van der Waals surface area contributed by atoms with Crippen LogP contribution in [0.3, 0.4) is 0 Å². The summed E-state index contributed by atoms with van der Waals surface area (Å²) in [7, 11) is 0. The van der Waals surface area contributed by atoms with Crippen molar-refractivity contribution in [3.63, 3.8) is 0 Å². The van der Waals surface area contributed by atoms with E-state index in [-0.39, 0.29) is 11.7 Å². The number of nitrogens with two attached hydrogens (primary N) is 1. The van der Waals surface area contributed by atoms with E-state index >= 15 is 0 Å². The van der Waals surface area contributed by atoms with Crippen LogP contribution in [-0.2, 0) is 9.63 Å². The highest BCUT2D eigenvalue weighted by Crippen LogP contribution is 2.35. The predicted molar refractivity (Wildman–Crippen MR) is 130 cm³/mol. The number of pyridine rings is 1. The van der Waals surface area contributed by atoms with Crippen molar-refractivity contribution in [2.24, 2.45) is 5.41 Å². The molecule has 0 unspecified atom stereocenters. The molecule has 0 amide bonds. The molecule has 0 aliphatic carbocycles. The molecule has 0 bridgehead atoms. The minimum Gasteiger partial charge on any atom is -0.454 e. The highest BCUT2D eigenvalue weighted by molar-refractivity contribution is 5.75. The molecule has 1 aromatic heterocycles. The molecule has 34 heavy (non-hydrogen) atoms. The number of ether oxygens (including phenoxy) is 1. The van der Waals surface area contributed by atoms with Crippen LogP contribution in [0.5, 0.6) is 11.5 Å². The average Bonchev–Trinajstić information content (AvgIpc) is 2.81. The standard InChI is InChI=1S/C26H29FN4O3/c1-26(2,3)25(32)34-31-14-12-30(13-15-31)20-7-4-18(5-8-20)21-17-29-11-10-23(21)33-24-9-6-19(28)16-22(24)27/h4-11,16-17H,12-15,28H2,1-3H3. The number of carbonyl (C=O) groups is 1. The number of benzene rings is 2. The van der Waals surface area contributed by atoms with Gasteiger partial charge in [0.15, 0.2) is 11.6 Å². The van der Waals surface area contributed by atoms with Gasteiger partial charge in [-0.3, -0.25) is 4.98 Å². The van der Waals surface area contributed by atoms with E-state index in [1.165, 1.54) is 12.1 Å². The van der Waals surface area contributed by atoms with Gasteiger partial charge in [-0.1, -0.05) is 12.1 Å². The van der Waals surface area contributed by atoms with E-state index in [2.05, 4.69) is 9.88 Å². The molecule has 2 aromatic carbocycles. The highest BCUT2D eigenvalue weighted by atomic mass is 19.1. The summed E-state index contributed by atoms with van der Waals surface area (Å²) >= 11 is 0. The zero-order valence-corrected chi connectivity index (χ0v) is 19.6. The van der Waals surface area contributed by atoms with Crippen molar-refractivity contribution in [2.45, 2.75) is 20.8 Å². The predicted octanol–water partition coefficient (Wildman–Crippen LogP) is 4.89. The first-order valence-corrected chi connectivity index (χ1v) is 11.2.